The Morgan fingerprint density at radius 1 is 0.440 bits per heavy atom. The van der Waals surface area contributed by atoms with Gasteiger partial charge in [-0.15, -0.1) is 0 Å². The van der Waals surface area contributed by atoms with Gasteiger partial charge in [-0.1, -0.05) is 133 Å². The van der Waals surface area contributed by atoms with Crippen LogP contribution in [-0.2, 0) is 27.2 Å². The molecule has 4 aromatic carbocycles. The van der Waals surface area contributed by atoms with E-state index in [-0.39, 0.29) is 37.1 Å². The molecule has 6 nitrogen and oxygen atoms in total. The standard InChI is InChI=1S/C42H40O6P2/c1-5-45-49(43,46-6-2)41(29-39-35-21-13-9-17-31(35)25-26-32-18-10-14-22-36(32)39)42(50(44,47-7-3)48-8-4)30-40-37-23-15-11-19-33(37)27-28-34-20-12-16-24-38(34)40/h9-28H,5-8H2,1-4H3. The van der Waals surface area contributed by atoms with Crippen molar-refractivity contribution >= 4 is 50.6 Å². The van der Waals surface area contributed by atoms with Crippen molar-refractivity contribution in [2.45, 2.75) is 27.7 Å². The first-order valence-corrected chi connectivity index (χ1v) is 20.0. The Kier molecular flexibility index (Phi) is 11.2. The molecule has 0 unspecified atom stereocenters. The molecule has 0 aliphatic heterocycles. The summed E-state index contributed by atoms with van der Waals surface area (Å²) in [4.78, 5) is 0. The molecule has 0 fully saturated rings. The van der Waals surface area contributed by atoms with Crippen molar-refractivity contribution in [2.75, 3.05) is 26.4 Å². The molecule has 0 heterocycles. The zero-order valence-corrected chi connectivity index (χ0v) is 30.5. The van der Waals surface area contributed by atoms with Crippen LogP contribution in [-0.4, -0.2) is 26.4 Å². The molecular formula is C42H40O6P2. The fourth-order valence-corrected chi connectivity index (χ4v) is 10.1. The van der Waals surface area contributed by atoms with Crippen LogP contribution in [0, 0.1) is 0 Å². The van der Waals surface area contributed by atoms with Crippen molar-refractivity contribution in [1.82, 2.24) is 0 Å². The fraction of sp³-hybridized carbons (Fsp3) is 0.190. The average molecular weight is 703 g/mol. The third kappa shape index (κ3) is 7.13. The van der Waals surface area contributed by atoms with Gasteiger partial charge in [-0.05, 0) is 72.2 Å². The maximum absolute atomic E-state index is 15.3. The smallest absolute Gasteiger partial charge is 0.305 e. The van der Waals surface area contributed by atoms with Gasteiger partial charge in [0.05, 0.1) is 26.4 Å². The lowest BCUT2D eigenvalue weighted by molar-refractivity contribution is 0.220. The number of benzene rings is 4. The zero-order chi connectivity index (χ0) is 35.1. The summed E-state index contributed by atoms with van der Waals surface area (Å²) in [5.41, 5.74) is 15.4. The van der Waals surface area contributed by atoms with E-state index in [0.717, 1.165) is 44.5 Å². The van der Waals surface area contributed by atoms with E-state index < -0.39 is 15.2 Å². The van der Waals surface area contributed by atoms with Crippen LogP contribution in [0.2, 0.25) is 0 Å². The van der Waals surface area contributed by atoms with E-state index in [1.54, 1.807) is 27.7 Å². The number of hydrogen-bond donors (Lipinski definition) is 0. The van der Waals surface area contributed by atoms with Crippen LogP contribution in [0.1, 0.15) is 72.2 Å². The number of rotatable bonds is 11. The molecule has 2 aliphatic rings. The highest BCUT2D eigenvalue weighted by Gasteiger charge is 2.43. The number of fused-ring (bicyclic) bond motifs is 4. The highest BCUT2D eigenvalue weighted by molar-refractivity contribution is 7.64. The van der Waals surface area contributed by atoms with Crippen LogP contribution in [0.4, 0.5) is 0 Å². The van der Waals surface area contributed by atoms with Crippen molar-refractivity contribution in [3.8, 4) is 0 Å². The minimum absolute atomic E-state index is 0.0551. The highest BCUT2D eigenvalue weighted by Crippen LogP contribution is 2.69. The van der Waals surface area contributed by atoms with E-state index in [0.29, 0.717) is 11.1 Å². The molecular weight excluding hydrogens is 662 g/mol. The van der Waals surface area contributed by atoms with Crippen LogP contribution in [0.3, 0.4) is 0 Å². The van der Waals surface area contributed by atoms with Gasteiger partial charge < -0.3 is 18.1 Å². The van der Waals surface area contributed by atoms with Crippen molar-refractivity contribution in [1.29, 1.82) is 0 Å². The van der Waals surface area contributed by atoms with Gasteiger partial charge in [0, 0.05) is 11.1 Å². The molecule has 0 saturated heterocycles. The van der Waals surface area contributed by atoms with Crippen molar-refractivity contribution in [3.05, 3.63) is 164 Å². The molecule has 0 amide bonds. The van der Waals surface area contributed by atoms with Gasteiger partial charge in [-0.3, -0.25) is 9.13 Å². The van der Waals surface area contributed by atoms with Gasteiger partial charge >= 0.3 is 15.2 Å². The minimum Gasteiger partial charge on any atom is -0.305 e. The Bertz CT molecular complexity index is 1930. The molecule has 0 spiro atoms. The minimum atomic E-state index is -4.28. The van der Waals surface area contributed by atoms with Gasteiger partial charge in [-0.2, -0.15) is 0 Å². The molecule has 0 saturated carbocycles. The predicted molar refractivity (Wildman–Crippen MR) is 204 cm³/mol. The number of hydrogen-bond acceptors (Lipinski definition) is 6. The summed E-state index contributed by atoms with van der Waals surface area (Å²) in [5.74, 6) is 0. The summed E-state index contributed by atoms with van der Waals surface area (Å²) in [7, 11) is -8.56. The Morgan fingerprint density at radius 3 is 0.920 bits per heavy atom. The zero-order valence-electron chi connectivity index (χ0n) is 28.7. The second-order valence-corrected chi connectivity index (χ2v) is 15.3. The van der Waals surface area contributed by atoms with E-state index in [9.17, 15) is 0 Å². The molecule has 254 valence electrons. The fourth-order valence-electron chi connectivity index (χ4n) is 6.16. The van der Waals surface area contributed by atoms with Crippen molar-refractivity contribution < 1.29 is 27.2 Å². The summed E-state index contributed by atoms with van der Waals surface area (Å²) in [5, 5.41) is -0.125. The molecule has 2 aliphatic carbocycles. The Morgan fingerprint density at radius 2 is 0.680 bits per heavy atom. The van der Waals surface area contributed by atoms with Crippen molar-refractivity contribution in [2.24, 2.45) is 0 Å². The summed E-state index contributed by atoms with van der Waals surface area (Å²) < 4.78 is 54.8. The summed E-state index contributed by atoms with van der Waals surface area (Å²) >= 11 is 0. The normalized spacial score (nSPS) is 13.2. The third-order valence-corrected chi connectivity index (χ3v) is 12.6. The van der Waals surface area contributed by atoms with Gasteiger partial charge in [0.15, 0.2) is 0 Å². The second-order valence-electron chi connectivity index (χ2n) is 11.4. The Balaban J connectivity index is 1.90. The molecule has 50 heavy (non-hydrogen) atoms. The second kappa shape index (κ2) is 15.7. The summed E-state index contributed by atoms with van der Waals surface area (Å²) in [6.07, 6.45) is 8.18. The van der Waals surface area contributed by atoms with Crippen LogP contribution in [0.15, 0.2) is 119 Å². The number of allylic oxidation sites excluding steroid dienone is 2. The largest absolute Gasteiger partial charge is 0.370 e. The molecule has 8 heteroatoms. The first kappa shape index (κ1) is 35.5. The predicted octanol–water partition coefficient (Wildman–Crippen LogP) is 11.7. The van der Waals surface area contributed by atoms with Crippen LogP contribution in [0.5, 0.6) is 0 Å². The van der Waals surface area contributed by atoms with Crippen LogP contribution >= 0.6 is 15.2 Å². The van der Waals surface area contributed by atoms with Crippen LogP contribution in [0.25, 0.3) is 35.5 Å². The molecule has 0 N–H and O–H groups in total. The van der Waals surface area contributed by atoms with E-state index in [4.69, 9.17) is 18.1 Å². The van der Waals surface area contributed by atoms with Crippen LogP contribution < -0.4 is 0 Å². The first-order valence-electron chi connectivity index (χ1n) is 16.9. The molecule has 0 radical (unpaired) electrons. The third-order valence-electron chi connectivity index (χ3n) is 8.26. The lowest BCUT2D eigenvalue weighted by Crippen LogP contribution is -2.06. The maximum atomic E-state index is 15.3. The van der Waals surface area contributed by atoms with Gasteiger partial charge in [-0.25, -0.2) is 0 Å². The topological polar surface area (TPSA) is 71.1 Å². The van der Waals surface area contributed by atoms with Gasteiger partial charge in [0.2, 0.25) is 0 Å². The lowest BCUT2D eigenvalue weighted by Gasteiger charge is -2.25. The molecule has 0 aromatic heterocycles. The van der Waals surface area contributed by atoms with E-state index in [2.05, 4.69) is 11.5 Å². The van der Waals surface area contributed by atoms with E-state index in [1.165, 1.54) is 0 Å². The van der Waals surface area contributed by atoms with Gasteiger partial charge in [0.1, 0.15) is 10.6 Å². The SMILES string of the molecule is CCOP(=O)(OCC)C(=C=C1c2ccccc2C=Cc2ccccc21)C(=C=C1c2ccccc2C=Cc2ccccc21)P(=O)(OCC)OCC. The van der Waals surface area contributed by atoms with Crippen molar-refractivity contribution in [3.63, 3.8) is 0 Å². The van der Waals surface area contributed by atoms with E-state index >= 15 is 9.13 Å². The van der Waals surface area contributed by atoms with E-state index in [1.807, 2.05) is 121 Å². The summed E-state index contributed by atoms with van der Waals surface area (Å²) in [6.45, 7) is 7.19. The lowest BCUT2D eigenvalue weighted by atomic mass is 9.93. The first-order chi connectivity index (χ1) is 24.4. The Labute approximate surface area is 294 Å². The average Bonchev–Trinajstić information content (AvgIpc) is 3.38. The molecule has 4 aromatic rings. The Hall–Kier alpha value is -4.30. The maximum Gasteiger partial charge on any atom is 0.370 e. The molecule has 0 atom stereocenters. The molecule has 6 rings (SSSR count). The summed E-state index contributed by atoms with van der Waals surface area (Å²) in [6, 6.07) is 31.7. The molecule has 0 bridgehead atoms. The quantitative estimate of drug-likeness (QED) is 0.0760. The van der Waals surface area contributed by atoms with Gasteiger partial charge in [0.25, 0.3) is 0 Å². The highest BCUT2D eigenvalue weighted by atomic mass is 31.2. The monoisotopic (exact) mass is 702 g/mol.